The maximum atomic E-state index is 9.45. The highest BCUT2D eigenvalue weighted by Gasteiger charge is 2.42. The molecule has 1 fully saturated rings. The van der Waals surface area contributed by atoms with Gasteiger partial charge in [-0.3, -0.25) is 0 Å². The Labute approximate surface area is 75.8 Å². The number of ether oxygens (including phenoxy) is 1. The topological polar surface area (TPSA) is 102 Å². The number of aliphatic hydroxyl groups excluding tert-OH is 4. The molecule has 0 spiro atoms. The average molecular weight is 193 g/mol. The van der Waals surface area contributed by atoms with Crippen molar-refractivity contribution in [2.45, 2.75) is 30.6 Å². The average Bonchev–Trinajstić information content (AvgIpc) is 2.12. The third kappa shape index (κ3) is 1.98. The molecule has 0 saturated carbocycles. The Balaban J connectivity index is 2.66. The molecule has 6 heteroatoms. The van der Waals surface area contributed by atoms with Crippen LogP contribution < -0.4 is 5.32 Å². The molecule has 0 aromatic carbocycles. The van der Waals surface area contributed by atoms with E-state index in [1.165, 1.54) is 7.05 Å². The largest absolute Gasteiger partial charge is 0.394 e. The standard InChI is InChI=1S/C7H15NO5/c1-8-4-6(11)5(10)3(2-9)13-7(4)12/h3-12H,2H2,1H3/t3?,4?,5-,6?,7-/m1/s1. The van der Waals surface area contributed by atoms with E-state index < -0.39 is 37.3 Å². The fraction of sp³-hybridized carbons (Fsp3) is 1.00. The van der Waals surface area contributed by atoms with Gasteiger partial charge in [-0.1, -0.05) is 0 Å². The van der Waals surface area contributed by atoms with E-state index in [0.29, 0.717) is 0 Å². The number of aliphatic hydroxyl groups is 4. The van der Waals surface area contributed by atoms with E-state index >= 15 is 0 Å². The van der Waals surface area contributed by atoms with E-state index in [0.717, 1.165) is 0 Å². The lowest BCUT2D eigenvalue weighted by Crippen LogP contribution is -2.62. The maximum absolute atomic E-state index is 9.45. The van der Waals surface area contributed by atoms with Crippen LogP contribution in [0.5, 0.6) is 0 Å². The van der Waals surface area contributed by atoms with Crippen LogP contribution in [-0.4, -0.2) is 64.7 Å². The van der Waals surface area contributed by atoms with Gasteiger partial charge in [0.25, 0.3) is 0 Å². The van der Waals surface area contributed by atoms with Crippen molar-refractivity contribution >= 4 is 0 Å². The van der Waals surface area contributed by atoms with Crippen LogP contribution in [0.25, 0.3) is 0 Å². The van der Waals surface area contributed by atoms with Gasteiger partial charge < -0.3 is 30.5 Å². The van der Waals surface area contributed by atoms with E-state index in [-0.39, 0.29) is 0 Å². The zero-order valence-electron chi connectivity index (χ0n) is 7.29. The predicted molar refractivity (Wildman–Crippen MR) is 42.8 cm³/mol. The summed E-state index contributed by atoms with van der Waals surface area (Å²) < 4.78 is 4.85. The quantitative estimate of drug-likeness (QED) is 0.320. The van der Waals surface area contributed by atoms with Gasteiger partial charge in [-0.2, -0.15) is 0 Å². The highest BCUT2D eigenvalue weighted by atomic mass is 16.6. The van der Waals surface area contributed by atoms with Crippen molar-refractivity contribution in [3.8, 4) is 0 Å². The molecule has 5 atom stereocenters. The van der Waals surface area contributed by atoms with E-state index in [2.05, 4.69) is 5.32 Å². The lowest BCUT2D eigenvalue weighted by atomic mass is 9.97. The third-order valence-corrected chi connectivity index (χ3v) is 2.23. The van der Waals surface area contributed by atoms with Gasteiger partial charge in [-0.25, -0.2) is 0 Å². The zero-order valence-corrected chi connectivity index (χ0v) is 7.29. The summed E-state index contributed by atoms with van der Waals surface area (Å²) in [4.78, 5) is 0. The second-order valence-electron chi connectivity index (χ2n) is 3.04. The van der Waals surface area contributed by atoms with Crippen LogP contribution in [0.2, 0.25) is 0 Å². The smallest absolute Gasteiger partial charge is 0.173 e. The van der Waals surface area contributed by atoms with Crippen molar-refractivity contribution in [2.24, 2.45) is 0 Å². The molecule has 1 saturated heterocycles. The molecule has 78 valence electrons. The van der Waals surface area contributed by atoms with Crippen molar-refractivity contribution in [1.29, 1.82) is 0 Å². The minimum absolute atomic E-state index is 0.439. The summed E-state index contributed by atoms with van der Waals surface area (Å²) in [7, 11) is 1.53. The van der Waals surface area contributed by atoms with Crippen LogP contribution in [0.1, 0.15) is 0 Å². The van der Waals surface area contributed by atoms with Crippen molar-refractivity contribution in [3.63, 3.8) is 0 Å². The second kappa shape index (κ2) is 4.32. The van der Waals surface area contributed by atoms with E-state index in [9.17, 15) is 15.3 Å². The molecular formula is C7H15NO5. The van der Waals surface area contributed by atoms with Crippen molar-refractivity contribution < 1.29 is 25.2 Å². The number of hydrogen-bond donors (Lipinski definition) is 5. The molecule has 3 unspecified atom stereocenters. The lowest BCUT2D eigenvalue weighted by Gasteiger charge is -2.39. The lowest BCUT2D eigenvalue weighted by molar-refractivity contribution is -0.253. The van der Waals surface area contributed by atoms with Crippen molar-refractivity contribution in [1.82, 2.24) is 5.32 Å². The minimum Gasteiger partial charge on any atom is -0.394 e. The molecule has 0 aliphatic carbocycles. The van der Waals surface area contributed by atoms with Crippen LogP contribution in [0.15, 0.2) is 0 Å². The van der Waals surface area contributed by atoms with Gasteiger partial charge in [0.1, 0.15) is 18.3 Å². The molecule has 1 heterocycles. The highest BCUT2D eigenvalue weighted by molar-refractivity contribution is 4.91. The van der Waals surface area contributed by atoms with Crippen LogP contribution in [0.3, 0.4) is 0 Å². The van der Waals surface area contributed by atoms with E-state index in [4.69, 9.17) is 9.84 Å². The Morgan fingerprint density at radius 1 is 1.23 bits per heavy atom. The predicted octanol–water partition coefficient (Wildman–Crippen LogP) is -2.99. The number of rotatable bonds is 2. The van der Waals surface area contributed by atoms with Gasteiger partial charge in [0, 0.05) is 0 Å². The molecule has 0 radical (unpaired) electrons. The van der Waals surface area contributed by atoms with Gasteiger partial charge in [-0.05, 0) is 7.05 Å². The van der Waals surface area contributed by atoms with E-state index in [1.54, 1.807) is 0 Å². The molecule has 5 N–H and O–H groups in total. The summed E-state index contributed by atoms with van der Waals surface area (Å²) in [6.07, 6.45) is -4.49. The molecule has 0 aromatic rings. The Kier molecular flexibility index (Phi) is 3.60. The SMILES string of the molecule is CNC1C(O)[C@H](O)C(CO)O[C@H]1O. The molecule has 1 aliphatic heterocycles. The number of hydrogen-bond acceptors (Lipinski definition) is 6. The third-order valence-electron chi connectivity index (χ3n) is 2.23. The summed E-state index contributed by atoms with van der Waals surface area (Å²) in [5, 5.41) is 39.4. The van der Waals surface area contributed by atoms with Gasteiger partial charge in [0.05, 0.1) is 12.6 Å². The van der Waals surface area contributed by atoms with Gasteiger partial charge in [-0.15, -0.1) is 0 Å². The molecule has 1 aliphatic rings. The fourth-order valence-electron chi connectivity index (χ4n) is 1.41. The highest BCUT2D eigenvalue weighted by Crippen LogP contribution is 2.18. The first-order valence-electron chi connectivity index (χ1n) is 4.09. The van der Waals surface area contributed by atoms with Crippen molar-refractivity contribution in [2.75, 3.05) is 13.7 Å². The Hall–Kier alpha value is -0.240. The second-order valence-corrected chi connectivity index (χ2v) is 3.04. The minimum atomic E-state index is -1.22. The van der Waals surface area contributed by atoms with Gasteiger partial charge in [0.15, 0.2) is 6.29 Å². The summed E-state index contributed by atoms with van der Waals surface area (Å²) in [5.41, 5.74) is 0. The number of likely N-dealkylation sites (N-methyl/N-ethyl adjacent to an activating group) is 1. The summed E-state index contributed by atoms with van der Waals surface area (Å²) in [5.74, 6) is 0. The van der Waals surface area contributed by atoms with Crippen LogP contribution in [-0.2, 0) is 4.74 Å². The molecule has 0 aromatic heterocycles. The molecule has 1 rings (SSSR count). The van der Waals surface area contributed by atoms with Crippen LogP contribution in [0, 0.1) is 0 Å². The normalized spacial score (nSPS) is 46.4. The molecule has 6 nitrogen and oxygen atoms in total. The van der Waals surface area contributed by atoms with E-state index in [1.807, 2.05) is 0 Å². The summed E-state index contributed by atoms with van der Waals surface area (Å²) in [6, 6.07) is -0.738. The Morgan fingerprint density at radius 2 is 1.85 bits per heavy atom. The van der Waals surface area contributed by atoms with Gasteiger partial charge >= 0.3 is 0 Å². The molecule has 0 amide bonds. The first-order chi connectivity index (χ1) is 6.11. The van der Waals surface area contributed by atoms with Crippen molar-refractivity contribution in [3.05, 3.63) is 0 Å². The monoisotopic (exact) mass is 193 g/mol. The summed E-state index contributed by atoms with van der Waals surface area (Å²) >= 11 is 0. The Morgan fingerprint density at radius 3 is 2.31 bits per heavy atom. The van der Waals surface area contributed by atoms with Crippen LogP contribution >= 0.6 is 0 Å². The molecular weight excluding hydrogens is 178 g/mol. The first kappa shape index (κ1) is 10.8. The Bertz CT molecular complexity index is 167. The number of nitrogens with one attached hydrogen (secondary N) is 1. The molecule has 0 bridgehead atoms. The first-order valence-corrected chi connectivity index (χ1v) is 4.09. The maximum Gasteiger partial charge on any atom is 0.173 e. The van der Waals surface area contributed by atoms with Crippen LogP contribution in [0.4, 0.5) is 0 Å². The fourth-order valence-corrected chi connectivity index (χ4v) is 1.41. The molecule has 13 heavy (non-hydrogen) atoms. The van der Waals surface area contributed by atoms with Gasteiger partial charge in [0.2, 0.25) is 0 Å². The zero-order chi connectivity index (χ0) is 10.0. The summed E-state index contributed by atoms with van der Waals surface area (Å²) in [6.45, 7) is -0.439.